The first kappa shape index (κ1) is 16.8. The Labute approximate surface area is 144 Å². The summed E-state index contributed by atoms with van der Waals surface area (Å²) in [6, 6.07) is 18.9. The average molecular weight is 325 g/mol. The van der Waals surface area contributed by atoms with Crippen LogP contribution in [0.3, 0.4) is 0 Å². The van der Waals surface area contributed by atoms with E-state index in [1.165, 1.54) is 11.3 Å². The number of para-hydroxylation sites is 2. The second-order valence-corrected chi connectivity index (χ2v) is 6.11. The van der Waals surface area contributed by atoms with Crippen LogP contribution < -0.4 is 20.3 Å². The molecule has 1 saturated heterocycles. The summed E-state index contributed by atoms with van der Waals surface area (Å²) < 4.78 is 6.48. The number of nitrogens with one attached hydrogen (secondary N) is 2. The minimum atomic E-state index is 0.0581. The van der Waals surface area contributed by atoms with Gasteiger partial charge in [-0.3, -0.25) is 0 Å². The maximum absolute atomic E-state index is 6.48. The zero-order valence-electron chi connectivity index (χ0n) is 14.4. The normalized spacial score (nSPS) is 16.0. The lowest BCUT2D eigenvalue weighted by Crippen LogP contribution is -2.43. The summed E-state index contributed by atoms with van der Waals surface area (Å²) in [6.45, 7) is 5.02. The Kier molecular flexibility index (Phi) is 6.10. The van der Waals surface area contributed by atoms with E-state index in [1.807, 2.05) is 13.1 Å². The highest BCUT2D eigenvalue weighted by Crippen LogP contribution is 2.33. The summed E-state index contributed by atoms with van der Waals surface area (Å²) in [5.74, 6) is 0.976. The van der Waals surface area contributed by atoms with Gasteiger partial charge >= 0.3 is 0 Å². The van der Waals surface area contributed by atoms with Gasteiger partial charge < -0.3 is 20.3 Å². The van der Waals surface area contributed by atoms with Crippen LogP contribution in [0.25, 0.3) is 0 Å². The van der Waals surface area contributed by atoms with Gasteiger partial charge in [-0.15, -0.1) is 0 Å². The molecule has 1 atom stereocenters. The molecule has 4 heteroatoms. The Bertz CT molecular complexity index is 611. The van der Waals surface area contributed by atoms with E-state index < -0.39 is 0 Å². The fourth-order valence-corrected chi connectivity index (χ4v) is 3.11. The van der Waals surface area contributed by atoms with Gasteiger partial charge in [-0.2, -0.15) is 0 Å². The van der Waals surface area contributed by atoms with Crippen LogP contribution in [0.5, 0.6) is 5.75 Å². The summed E-state index contributed by atoms with van der Waals surface area (Å²) >= 11 is 0. The van der Waals surface area contributed by atoms with Gasteiger partial charge in [0.05, 0.1) is 5.69 Å². The van der Waals surface area contributed by atoms with Crippen molar-refractivity contribution < 1.29 is 4.74 Å². The number of nitrogens with zero attached hydrogens (tertiary/aromatic N) is 1. The molecule has 0 bridgehead atoms. The van der Waals surface area contributed by atoms with Crippen molar-refractivity contribution in [3.05, 3.63) is 60.2 Å². The Morgan fingerprint density at radius 1 is 1.04 bits per heavy atom. The van der Waals surface area contributed by atoms with E-state index in [0.717, 1.165) is 44.9 Å². The lowest BCUT2D eigenvalue weighted by molar-refractivity contribution is 0.195. The number of ether oxygens (including phenoxy) is 1. The maximum Gasteiger partial charge on any atom is 0.143 e. The number of piperazine rings is 1. The Morgan fingerprint density at radius 3 is 2.50 bits per heavy atom. The SMILES string of the molecule is CNCCC(Oc1ccccc1N1CCNCC1)c1ccccc1. The van der Waals surface area contributed by atoms with E-state index in [2.05, 4.69) is 64.1 Å². The molecule has 1 heterocycles. The summed E-state index contributed by atoms with van der Waals surface area (Å²) in [7, 11) is 1.98. The monoisotopic (exact) mass is 325 g/mol. The summed E-state index contributed by atoms with van der Waals surface area (Å²) in [5, 5.41) is 6.64. The molecule has 0 aliphatic carbocycles. The molecule has 0 saturated carbocycles. The van der Waals surface area contributed by atoms with Crippen molar-refractivity contribution in [2.24, 2.45) is 0 Å². The number of hydrogen-bond donors (Lipinski definition) is 2. The molecule has 24 heavy (non-hydrogen) atoms. The van der Waals surface area contributed by atoms with Gasteiger partial charge in [0, 0.05) is 32.6 Å². The molecule has 1 aliphatic heterocycles. The highest BCUT2D eigenvalue weighted by molar-refractivity contribution is 5.59. The summed E-state index contributed by atoms with van der Waals surface area (Å²) in [5.41, 5.74) is 2.42. The molecule has 1 aliphatic rings. The van der Waals surface area contributed by atoms with E-state index in [1.54, 1.807) is 0 Å². The molecule has 2 aromatic carbocycles. The molecular weight excluding hydrogens is 298 g/mol. The third-order valence-electron chi connectivity index (χ3n) is 4.42. The molecule has 0 aromatic heterocycles. The molecule has 4 nitrogen and oxygen atoms in total. The van der Waals surface area contributed by atoms with E-state index in [9.17, 15) is 0 Å². The van der Waals surface area contributed by atoms with Crippen LogP contribution in [-0.2, 0) is 0 Å². The standard InChI is InChI=1S/C20H27N3O/c1-21-12-11-19(17-7-3-2-4-8-17)24-20-10-6-5-9-18(20)23-15-13-22-14-16-23/h2-10,19,21-22H,11-16H2,1H3. The van der Waals surface area contributed by atoms with Crippen LogP contribution in [0.15, 0.2) is 54.6 Å². The Hall–Kier alpha value is -2.04. The van der Waals surface area contributed by atoms with Gasteiger partial charge in [0.1, 0.15) is 11.9 Å². The predicted molar refractivity (Wildman–Crippen MR) is 99.9 cm³/mol. The molecule has 1 unspecified atom stereocenters. The molecule has 2 N–H and O–H groups in total. The fourth-order valence-electron chi connectivity index (χ4n) is 3.11. The number of anilines is 1. The Balaban J connectivity index is 1.81. The van der Waals surface area contributed by atoms with Crippen molar-refractivity contribution >= 4 is 5.69 Å². The zero-order chi connectivity index (χ0) is 16.6. The lowest BCUT2D eigenvalue weighted by atomic mass is 10.1. The largest absolute Gasteiger partial charge is 0.484 e. The second kappa shape index (κ2) is 8.71. The predicted octanol–water partition coefficient (Wildman–Crippen LogP) is 2.83. The molecule has 3 rings (SSSR count). The topological polar surface area (TPSA) is 36.5 Å². The molecular formula is C20H27N3O. The second-order valence-electron chi connectivity index (χ2n) is 6.11. The third-order valence-corrected chi connectivity index (χ3v) is 4.42. The average Bonchev–Trinajstić information content (AvgIpc) is 2.67. The minimum Gasteiger partial charge on any atom is -0.484 e. The van der Waals surface area contributed by atoms with Gasteiger partial charge in [-0.05, 0) is 31.3 Å². The highest BCUT2D eigenvalue weighted by Gasteiger charge is 2.18. The molecule has 0 radical (unpaired) electrons. The van der Waals surface area contributed by atoms with Crippen LogP contribution >= 0.6 is 0 Å². The van der Waals surface area contributed by atoms with Gasteiger partial charge in [0.2, 0.25) is 0 Å². The van der Waals surface area contributed by atoms with Crippen LogP contribution in [0.2, 0.25) is 0 Å². The Morgan fingerprint density at radius 2 is 1.75 bits per heavy atom. The van der Waals surface area contributed by atoms with Gasteiger partial charge in [0.15, 0.2) is 0 Å². The number of benzene rings is 2. The fraction of sp³-hybridized carbons (Fsp3) is 0.400. The number of rotatable bonds is 7. The van der Waals surface area contributed by atoms with Gasteiger partial charge in [0.25, 0.3) is 0 Å². The highest BCUT2D eigenvalue weighted by atomic mass is 16.5. The van der Waals surface area contributed by atoms with E-state index >= 15 is 0 Å². The smallest absolute Gasteiger partial charge is 0.143 e. The quantitative estimate of drug-likeness (QED) is 0.821. The first-order chi connectivity index (χ1) is 11.9. The van der Waals surface area contributed by atoms with Crippen LogP contribution in [0.1, 0.15) is 18.1 Å². The van der Waals surface area contributed by atoms with Crippen LogP contribution in [-0.4, -0.2) is 39.8 Å². The van der Waals surface area contributed by atoms with E-state index in [4.69, 9.17) is 4.74 Å². The number of hydrogen-bond acceptors (Lipinski definition) is 4. The molecule has 0 amide bonds. The van der Waals surface area contributed by atoms with E-state index in [0.29, 0.717) is 0 Å². The first-order valence-corrected chi connectivity index (χ1v) is 8.79. The van der Waals surface area contributed by atoms with Crippen molar-refractivity contribution in [1.29, 1.82) is 0 Å². The third kappa shape index (κ3) is 4.28. The minimum absolute atomic E-state index is 0.0581. The molecule has 0 spiro atoms. The van der Waals surface area contributed by atoms with Crippen molar-refractivity contribution in [3.63, 3.8) is 0 Å². The van der Waals surface area contributed by atoms with Crippen molar-refractivity contribution in [3.8, 4) is 5.75 Å². The molecule has 1 fully saturated rings. The van der Waals surface area contributed by atoms with Gasteiger partial charge in [-0.25, -0.2) is 0 Å². The zero-order valence-corrected chi connectivity index (χ0v) is 14.4. The van der Waals surface area contributed by atoms with Crippen molar-refractivity contribution in [2.75, 3.05) is 44.7 Å². The van der Waals surface area contributed by atoms with Gasteiger partial charge in [-0.1, -0.05) is 42.5 Å². The van der Waals surface area contributed by atoms with Crippen LogP contribution in [0, 0.1) is 0 Å². The molecule has 2 aromatic rings. The summed E-state index contributed by atoms with van der Waals surface area (Å²) in [4.78, 5) is 2.41. The van der Waals surface area contributed by atoms with Crippen molar-refractivity contribution in [2.45, 2.75) is 12.5 Å². The van der Waals surface area contributed by atoms with Crippen LogP contribution in [0.4, 0.5) is 5.69 Å². The first-order valence-electron chi connectivity index (χ1n) is 8.79. The molecule has 128 valence electrons. The summed E-state index contributed by atoms with van der Waals surface area (Å²) in [6.07, 6.45) is 0.999. The van der Waals surface area contributed by atoms with E-state index in [-0.39, 0.29) is 6.10 Å². The maximum atomic E-state index is 6.48. The lowest BCUT2D eigenvalue weighted by Gasteiger charge is -2.32. The van der Waals surface area contributed by atoms with Crippen molar-refractivity contribution in [1.82, 2.24) is 10.6 Å².